The predicted octanol–water partition coefficient (Wildman–Crippen LogP) is 5.75. The zero-order valence-corrected chi connectivity index (χ0v) is 21.6. The first-order valence-electron chi connectivity index (χ1n) is 13.7. The molecule has 1 rings (SSSR count). The minimum atomic E-state index is -1.29. The Balaban J connectivity index is 2.30. The first-order valence-corrected chi connectivity index (χ1v) is 13.7. The van der Waals surface area contributed by atoms with E-state index in [9.17, 15) is 14.4 Å². The molecule has 1 unspecified atom stereocenters. The van der Waals surface area contributed by atoms with E-state index in [0.29, 0.717) is 18.9 Å². The minimum Gasteiger partial charge on any atom is -0.481 e. The van der Waals surface area contributed by atoms with Crippen LogP contribution in [0.4, 0.5) is 0 Å². The lowest BCUT2D eigenvalue weighted by atomic mass is 9.94. The van der Waals surface area contributed by atoms with Crippen molar-refractivity contribution in [2.24, 2.45) is 17.8 Å². The third kappa shape index (κ3) is 13.9. The highest BCUT2D eigenvalue weighted by molar-refractivity contribution is 5.92. The normalized spacial score (nSPS) is 16.0. The molecule has 1 saturated heterocycles. The second-order valence-corrected chi connectivity index (χ2v) is 10.2. The summed E-state index contributed by atoms with van der Waals surface area (Å²) in [4.78, 5) is 36.7. The number of carbonyl (C=O) groups excluding carboxylic acids is 1. The Bertz CT molecular complexity index is 559. The van der Waals surface area contributed by atoms with E-state index in [0.717, 1.165) is 64.5 Å². The Morgan fingerprint density at radius 3 is 1.76 bits per heavy atom. The van der Waals surface area contributed by atoms with Crippen molar-refractivity contribution >= 4 is 17.9 Å². The van der Waals surface area contributed by atoms with Crippen LogP contribution in [0.15, 0.2) is 0 Å². The number of rotatable bonds is 20. The summed E-state index contributed by atoms with van der Waals surface area (Å²) < 4.78 is 5.77. The number of carboxylic acids is 2. The largest absolute Gasteiger partial charge is 0.481 e. The third-order valence-electron chi connectivity index (χ3n) is 7.18. The molecule has 0 bridgehead atoms. The van der Waals surface area contributed by atoms with Gasteiger partial charge >= 0.3 is 17.9 Å². The summed E-state index contributed by atoms with van der Waals surface area (Å²) in [5.41, 5.74) is 0. The van der Waals surface area contributed by atoms with Gasteiger partial charge in [-0.05, 0) is 58.2 Å². The lowest BCUT2D eigenvalue weighted by Gasteiger charge is -2.28. The summed E-state index contributed by atoms with van der Waals surface area (Å²) in [6, 6.07) is 0. The summed E-state index contributed by atoms with van der Waals surface area (Å²) in [6.07, 6.45) is 16.2. The van der Waals surface area contributed by atoms with Crippen LogP contribution in [-0.4, -0.2) is 59.8 Å². The van der Waals surface area contributed by atoms with Gasteiger partial charge in [-0.25, -0.2) is 0 Å². The van der Waals surface area contributed by atoms with Crippen molar-refractivity contribution in [1.29, 1.82) is 0 Å². The molecule has 0 aliphatic carbocycles. The van der Waals surface area contributed by atoms with E-state index >= 15 is 0 Å². The van der Waals surface area contributed by atoms with Gasteiger partial charge in [-0.2, -0.15) is 0 Å². The van der Waals surface area contributed by atoms with Crippen molar-refractivity contribution in [3.8, 4) is 0 Å². The van der Waals surface area contributed by atoms with E-state index in [2.05, 4.69) is 18.9 Å². The fourth-order valence-electron chi connectivity index (χ4n) is 4.75. The molecule has 0 aromatic rings. The zero-order valence-electron chi connectivity index (χ0n) is 21.6. The van der Waals surface area contributed by atoms with E-state index in [1.165, 1.54) is 38.5 Å². The fraction of sp³-hybridized carbons (Fsp3) is 0.889. The van der Waals surface area contributed by atoms with Crippen LogP contribution in [0.25, 0.3) is 0 Å². The Labute approximate surface area is 206 Å². The molecular weight excluding hydrogens is 434 g/mol. The van der Waals surface area contributed by atoms with Crippen LogP contribution >= 0.6 is 0 Å². The van der Waals surface area contributed by atoms with Crippen molar-refractivity contribution in [1.82, 2.24) is 4.90 Å². The van der Waals surface area contributed by atoms with Gasteiger partial charge in [0.05, 0.1) is 12.5 Å². The van der Waals surface area contributed by atoms with Crippen LogP contribution in [0, 0.1) is 17.8 Å². The Kier molecular flexibility index (Phi) is 16.7. The van der Waals surface area contributed by atoms with E-state index < -0.39 is 17.9 Å². The molecule has 0 amide bonds. The first-order chi connectivity index (χ1) is 16.3. The molecule has 0 saturated carbocycles. The Morgan fingerprint density at radius 2 is 1.26 bits per heavy atom. The maximum Gasteiger partial charge on any atom is 0.317 e. The number of likely N-dealkylation sites (tertiary alicyclic amines) is 1. The molecule has 1 heterocycles. The van der Waals surface area contributed by atoms with Crippen LogP contribution in [0.2, 0.25) is 0 Å². The molecule has 1 aliphatic rings. The summed E-state index contributed by atoms with van der Waals surface area (Å²) >= 11 is 0. The number of aliphatic carboxylic acids is 2. The van der Waals surface area contributed by atoms with Gasteiger partial charge in [-0.15, -0.1) is 0 Å². The summed E-state index contributed by atoms with van der Waals surface area (Å²) in [6.45, 7) is 4.67. The van der Waals surface area contributed by atoms with Gasteiger partial charge in [0, 0.05) is 0 Å². The molecule has 0 aromatic heterocycles. The predicted molar refractivity (Wildman–Crippen MR) is 134 cm³/mol. The highest BCUT2D eigenvalue weighted by atomic mass is 16.5. The number of ether oxygens (including phenoxy) is 1. The van der Waals surface area contributed by atoms with Crippen molar-refractivity contribution < 1.29 is 29.3 Å². The molecule has 198 valence electrons. The SMILES string of the molecule is CCCCCCCCC(CCCCCCCC(C(=O)O)C(=O)O)COC(=O)C1CCN(C)CC1. The maximum atomic E-state index is 12.5. The van der Waals surface area contributed by atoms with Gasteiger partial charge < -0.3 is 19.8 Å². The quantitative estimate of drug-likeness (QED) is 0.129. The smallest absolute Gasteiger partial charge is 0.317 e. The molecule has 1 atom stereocenters. The molecule has 1 fully saturated rings. The van der Waals surface area contributed by atoms with Gasteiger partial charge in [0.1, 0.15) is 0 Å². The summed E-state index contributed by atoms with van der Waals surface area (Å²) in [5.74, 6) is -3.36. The topological polar surface area (TPSA) is 104 Å². The molecule has 7 heteroatoms. The van der Waals surface area contributed by atoms with Crippen molar-refractivity contribution in [2.45, 2.75) is 110 Å². The molecular formula is C27H49NO6. The van der Waals surface area contributed by atoms with Gasteiger partial charge in [0.15, 0.2) is 5.92 Å². The number of unbranched alkanes of at least 4 members (excludes halogenated alkanes) is 9. The molecule has 0 spiro atoms. The van der Waals surface area contributed by atoms with E-state index in [1.807, 2.05) is 0 Å². The molecule has 7 nitrogen and oxygen atoms in total. The van der Waals surface area contributed by atoms with Gasteiger partial charge in [0.2, 0.25) is 0 Å². The van der Waals surface area contributed by atoms with Crippen LogP contribution in [0.1, 0.15) is 110 Å². The first kappa shape index (κ1) is 30.4. The highest BCUT2D eigenvalue weighted by Gasteiger charge is 2.26. The number of carboxylic acid groups (broad SMARTS) is 2. The summed E-state index contributed by atoms with van der Waals surface area (Å²) in [7, 11) is 2.09. The second kappa shape index (κ2) is 18.7. The number of piperidine rings is 1. The number of hydrogen-bond acceptors (Lipinski definition) is 5. The van der Waals surface area contributed by atoms with Crippen LogP contribution in [-0.2, 0) is 19.1 Å². The minimum absolute atomic E-state index is 0.0209. The average Bonchev–Trinajstić information content (AvgIpc) is 2.80. The van der Waals surface area contributed by atoms with E-state index in [4.69, 9.17) is 14.9 Å². The van der Waals surface area contributed by atoms with Crippen molar-refractivity contribution in [2.75, 3.05) is 26.7 Å². The van der Waals surface area contributed by atoms with Crippen molar-refractivity contribution in [3.05, 3.63) is 0 Å². The monoisotopic (exact) mass is 483 g/mol. The molecule has 0 aromatic carbocycles. The summed E-state index contributed by atoms with van der Waals surface area (Å²) in [5, 5.41) is 17.9. The Morgan fingerprint density at radius 1 is 0.794 bits per heavy atom. The van der Waals surface area contributed by atoms with Crippen LogP contribution < -0.4 is 0 Å². The lowest BCUT2D eigenvalue weighted by molar-refractivity contribution is -0.155. The number of hydrogen-bond donors (Lipinski definition) is 2. The van der Waals surface area contributed by atoms with Crippen molar-refractivity contribution in [3.63, 3.8) is 0 Å². The van der Waals surface area contributed by atoms with Crippen LogP contribution in [0.3, 0.4) is 0 Å². The number of carbonyl (C=O) groups is 3. The molecule has 34 heavy (non-hydrogen) atoms. The molecule has 1 aliphatic heterocycles. The maximum absolute atomic E-state index is 12.5. The molecule has 0 radical (unpaired) electrons. The zero-order chi connectivity index (χ0) is 25.2. The molecule has 2 N–H and O–H groups in total. The highest BCUT2D eigenvalue weighted by Crippen LogP contribution is 2.22. The van der Waals surface area contributed by atoms with E-state index in [-0.39, 0.29) is 18.3 Å². The number of nitrogens with zero attached hydrogens (tertiary/aromatic N) is 1. The fourth-order valence-corrected chi connectivity index (χ4v) is 4.75. The van der Waals surface area contributed by atoms with Gasteiger partial charge in [-0.1, -0.05) is 77.6 Å². The average molecular weight is 484 g/mol. The van der Waals surface area contributed by atoms with Gasteiger partial charge in [0.25, 0.3) is 0 Å². The van der Waals surface area contributed by atoms with Gasteiger partial charge in [-0.3, -0.25) is 14.4 Å². The third-order valence-corrected chi connectivity index (χ3v) is 7.18. The standard InChI is InChI=1S/C27H49NO6/c1-3-4-5-6-8-11-14-22(21-34-27(33)23-17-19-28(2)20-18-23)15-12-9-7-10-13-16-24(25(29)30)26(31)32/h22-24H,3-21H2,1-2H3,(H,29,30)(H,31,32). The van der Waals surface area contributed by atoms with Crippen LogP contribution in [0.5, 0.6) is 0 Å². The lowest BCUT2D eigenvalue weighted by Crippen LogP contribution is -2.34. The Hall–Kier alpha value is -1.63. The van der Waals surface area contributed by atoms with E-state index in [1.54, 1.807) is 0 Å². The second-order valence-electron chi connectivity index (χ2n) is 10.2. The number of esters is 1.